The topological polar surface area (TPSA) is 86.8 Å². The Morgan fingerprint density at radius 3 is 2.18 bits per heavy atom. The highest BCUT2D eigenvalue weighted by atomic mass is 35.5. The summed E-state index contributed by atoms with van der Waals surface area (Å²) in [6.07, 6.45) is 0.880. The van der Waals surface area contributed by atoms with E-state index in [-0.39, 0.29) is 17.3 Å². The molecule has 0 saturated heterocycles. The second-order valence-corrected chi connectivity index (χ2v) is 11.6. The van der Waals surface area contributed by atoms with Crippen molar-refractivity contribution in [3.63, 3.8) is 0 Å². The Morgan fingerprint density at radius 2 is 1.56 bits per heavy atom. The number of rotatable bonds is 12. The highest BCUT2D eigenvalue weighted by Gasteiger charge is 2.34. The predicted octanol–water partition coefficient (Wildman–Crippen LogP) is 5.69. The molecule has 0 aliphatic carbocycles. The maximum atomic E-state index is 14.1. The number of halogens is 2. The van der Waals surface area contributed by atoms with E-state index in [1.807, 2.05) is 19.1 Å². The van der Waals surface area contributed by atoms with Crippen molar-refractivity contribution in [1.82, 2.24) is 10.2 Å². The van der Waals surface area contributed by atoms with E-state index < -0.39 is 28.5 Å². The third-order valence-corrected chi connectivity index (χ3v) is 8.70. The van der Waals surface area contributed by atoms with Crippen molar-refractivity contribution in [3.8, 4) is 0 Å². The molecular weight excluding hydrogens is 557 g/mol. The number of benzene rings is 3. The summed E-state index contributed by atoms with van der Waals surface area (Å²) < 4.78 is 29.0. The summed E-state index contributed by atoms with van der Waals surface area (Å²) in [5.74, 6) is -0.866. The fraction of sp³-hybridized carbons (Fsp3) is 0.310. The second kappa shape index (κ2) is 13.8. The standard InChI is InChI=1S/C29H33Cl2N3O4S/c1-4-21-12-10-11-15-27(21)34(39(37,38)24-13-8-7-9-14-24)20-28(35)33(26(5-2)29(36)32-6-3)19-22-16-17-23(30)18-25(22)31/h7-18,26H,4-6,19-20H2,1-3H3,(H,32,36)/t26-/m1/s1. The van der Waals surface area contributed by atoms with Crippen LogP contribution in [0.1, 0.15) is 38.3 Å². The molecule has 39 heavy (non-hydrogen) atoms. The lowest BCUT2D eigenvalue weighted by Crippen LogP contribution is -2.52. The van der Waals surface area contributed by atoms with Crippen LogP contribution in [0, 0.1) is 0 Å². The van der Waals surface area contributed by atoms with E-state index in [1.165, 1.54) is 17.0 Å². The molecule has 3 aromatic carbocycles. The number of aryl methyl sites for hydroxylation is 1. The first-order valence-electron chi connectivity index (χ1n) is 12.8. The molecule has 0 unspecified atom stereocenters. The number of amides is 2. The fourth-order valence-corrected chi connectivity index (χ4v) is 6.27. The van der Waals surface area contributed by atoms with Crippen molar-refractivity contribution in [3.05, 3.63) is 94.0 Å². The molecule has 0 radical (unpaired) electrons. The predicted molar refractivity (Wildman–Crippen MR) is 157 cm³/mol. The van der Waals surface area contributed by atoms with Crippen LogP contribution in [0.15, 0.2) is 77.7 Å². The molecule has 0 spiro atoms. The fourth-order valence-electron chi connectivity index (χ4n) is 4.33. The molecule has 1 N–H and O–H groups in total. The van der Waals surface area contributed by atoms with E-state index in [0.29, 0.717) is 40.7 Å². The van der Waals surface area contributed by atoms with Gasteiger partial charge in [-0.15, -0.1) is 0 Å². The van der Waals surface area contributed by atoms with Crippen LogP contribution in [-0.2, 0) is 32.6 Å². The number of likely N-dealkylation sites (N-methyl/N-ethyl adjacent to an activating group) is 1. The Kier molecular flexibility index (Phi) is 10.8. The van der Waals surface area contributed by atoms with E-state index in [9.17, 15) is 18.0 Å². The molecule has 0 heterocycles. The molecule has 0 fully saturated rings. The molecule has 3 rings (SSSR count). The van der Waals surface area contributed by atoms with Crippen LogP contribution in [-0.4, -0.2) is 44.3 Å². The van der Waals surface area contributed by atoms with Crippen LogP contribution in [0.4, 0.5) is 5.69 Å². The van der Waals surface area contributed by atoms with Gasteiger partial charge < -0.3 is 10.2 Å². The summed E-state index contributed by atoms with van der Waals surface area (Å²) in [6.45, 7) is 5.40. The highest BCUT2D eigenvalue weighted by Crippen LogP contribution is 2.29. The maximum absolute atomic E-state index is 14.1. The van der Waals surface area contributed by atoms with Crippen molar-refractivity contribution >= 4 is 50.7 Å². The number of hydrogen-bond acceptors (Lipinski definition) is 4. The Hall–Kier alpha value is -3.07. The zero-order chi connectivity index (χ0) is 28.6. The van der Waals surface area contributed by atoms with Crippen LogP contribution in [0.3, 0.4) is 0 Å². The average Bonchev–Trinajstić information content (AvgIpc) is 2.93. The van der Waals surface area contributed by atoms with E-state index in [4.69, 9.17) is 23.2 Å². The van der Waals surface area contributed by atoms with Gasteiger partial charge in [-0.3, -0.25) is 13.9 Å². The lowest BCUT2D eigenvalue weighted by Gasteiger charge is -2.33. The number of anilines is 1. The molecule has 7 nitrogen and oxygen atoms in total. The smallest absolute Gasteiger partial charge is 0.264 e. The van der Waals surface area contributed by atoms with Crippen molar-refractivity contribution in [2.45, 2.75) is 51.1 Å². The van der Waals surface area contributed by atoms with Crippen LogP contribution in [0.25, 0.3) is 0 Å². The zero-order valence-electron chi connectivity index (χ0n) is 22.2. The molecular formula is C29H33Cl2N3O4S. The van der Waals surface area contributed by atoms with Crippen molar-refractivity contribution in [2.24, 2.45) is 0 Å². The summed E-state index contributed by atoms with van der Waals surface area (Å²) in [7, 11) is -4.12. The lowest BCUT2D eigenvalue weighted by atomic mass is 10.1. The number of nitrogens with one attached hydrogen (secondary N) is 1. The van der Waals surface area contributed by atoms with E-state index in [2.05, 4.69) is 5.32 Å². The van der Waals surface area contributed by atoms with Crippen LogP contribution >= 0.6 is 23.2 Å². The van der Waals surface area contributed by atoms with Crippen molar-refractivity contribution < 1.29 is 18.0 Å². The Bertz CT molecular complexity index is 1400. The number of para-hydroxylation sites is 1. The Labute approximate surface area is 240 Å². The molecule has 1 atom stereocenters. The average molecular weight is 591 g/mol. The van der Waals surface area contributed by atoms with Crippen molar-refractivity contribution in [1.29, 1.82) is 0 Å². The van der Waals surface area contributed by atoms with Gasteiger partial charge in [-0.1, -0.05) is 79.5 Å². The minimum atomic E-state index is -4.12. The van der Waals surface area contributed by atoms with Crippen LogP contribution < -0.4 is 9.62 Å². The summed E-state index contributed by atoms with van der Waals surface area (Å²) >= 11 is 12.5. The first-order chi connectivity index (χ1) is 18.6. The number of sulfonamides is 1. The van der Waals surface area contributed by atoms with Gasteiger partial charge in [0, 0.05) is 23.1 Å². The number of nitrogens with zero attached hydrogens (tertiary/aromatic N) is 2. The molecule has 10 heteroatoms. The van der Waals surface area contributed by atoms with E-state index in [0.717, 1.165) is 9.87 Å². The van der Waals surface area contributed by atoms with Gasteiger partial charge in [0.2, 0.25) is 11.8 Å². The van der Waals surface area contributed by atoms with Crippen LogP contribution in [0.2, 0.25) is 10.0 Å². The number of carbonyl (C=O) groups is 2. The minimum absolute atomic E-state index is 0.000867. The third-order valence-electron chi connectivity index (χ3n) is 6.34. The summed E-state index contributed by atoms with van der Waals surface area (Å²) in [4.78, 5) is 28.6. The van der Waals surface area contributed by atoms with Crippen molar-refractivity contribution in [2.75, 3.05) is 17.4 Å². The zero-order valence-corrected chi connectivity index (χ0v) is 24.6. The molecule has 0 bridgehead atoms. The molecule has 3 aromatic rings. The van der Waals surface area contributed by atoms with Gasteiger partial charge in [-0.25, -0.2) is 8.42 Å². The largest absolute Gasteiger partial charge is 0.355 e. The first kappa shape index (κ1) is 30.5. The lowest BCUT2D eigenvalue weighted by molar-refractivity contribution is -0.140. The molecule has 0 saturated carbocycles. The van der Waals surface area contributed by atoms with Gasteiger partial charge in [-0.2, -0.15) is 0 Å². The van der Waals surface area contributed by atoms with E-state index in [1.54, 1.807) is 62.4 Å². The molecule has 0 aliphatic heterocycles. The Balaban J connectivity index is 2.11. The molecule has 0 aromatic heterocycles. The van der Waals surface area contributed by atoms with Gasteiger partial charge in [0.05, 0.1) is 10.6 Å². The van der Waals surface area contributed by atoms with Gasteiger partial charge >= 0.3 is 0 Å². The first-order valence-corrected chi connectivity index (χ1v) is 15.0. The number of hydrogen-bond donors (Lipinski definition) is 1. The van der Waals surface area contributed by atoms with Gasteiger partial charge in [0.1, 0.15) is 12.6 Å². The normalized spacial score (nSPS) is 12.0. The van der Waals surface area contributed by atoms with E-state index >= 15 is 0 Å². The third kappa shape index (κ3) is 7.32. The van der Waals surface area contributed by atoms with Gasteiger partial charge in [0.25, 0.3) is 10.0 Å². The SMILES string of the molecule is CCNC(=O)[C@@H](CC)N(Cc1ccc(Cl)cc1Cl)C(=O)CN(c1ccccc1CC)S(=O)(=O)c1ccccc1. The second-order valence-electron chi connectivity index (χ2n) is 8.88. The maximum Gasteiger partial charge on any atom is 0.264 e. The quantitative estimate of drug-likeness (QED) is 0.294. The molecule has 2 amide bonds. The molecule has 0 aliphatic rings. The van der Waals surface area contributed by atoms with Gasteiger partial charge in [0.15, 0.2) is 0 Å². The summed E-state index contributed by atoms with van der Waals surface area (Å²) in [6, 6.07) is 19.2. The summed E-state index contributed by atoms with van der Waals surface area (Å²) in [5.41, 5.74) is 1.77. The summed E-state index contributed by atoms with van der Waals surface area (Å²) in [5, 5.41) is 3.56. The monoisotopic (exact) mass is 589 g/mol. The number of carbonyl (C=O) groups excluding carboxylic acids is 2. The van der Waals surface area contributed by atoms with Crippen LogP contribution in [0.5, 0.6) is 0 Å². The minimum Gasteiger partial charge on any atom is -0.355 e. The molecule has 208 valence electrons. The Morgan fingerprint density at radius 1 is 0.897 bits per heavy atom. The highest BCUT2D eigenvalue weighted by molar-refractivity contribution is 7.92. The van der Waals surface area contributed by atoms with Gasteiger partial charge in [-0.05, 0) is 61.2 Å².